The van der Waals surface area contributed by atoms with Crippen molar-refractivity contribution in [1.82, 2.24) is 10.2 Å². The Kier molecular flexibility index (Phi) is 4.88. The summed E-state index contributed by atoms with van der Waals surface area (Å²) >= 11 is 0. The Morgan fingerprint density at radius 2 is 1.72 bits per heavy atom. The first-order valence-electron chi connectivity index (χ1n) is 8.72. The van der Waals surface area contributed by atoms with Crippen LogP contribution in [0.1, 0.15) is 34.8 Å². The van der Waals surface area contributed by atoms with Gasteiger partial charge in [0.05, 0.1) is 0 Å². The smallest absolute Gasteiger partial charge is 0.255 e. The lowest BCUT2D eigenvalue weighted by Crippen LogP contribution is -2.67. The first kappa shape index (κ1) is 17.2. The van der Waals surface area contributed by atoms with E-state index in [1.807, 2.05) is 49.4 Å². The van der Waals surface area contributed by atoms with Gasteiger partial charge in [0.2, 0.25) is 5.91 Å². The van der Waals surface area contributed by atoms with Crippen molar-refractivity contribution in [2.24, 2.45) is 0 Å². The molecular weight excluding hydrogens is 312 g/mol. The van der Waals surface area contributed by atoms with Crippen LogP contribution < -0.4 is 5.32 Å². The number of amides is 2. The van der Waals surface area contributed by atoms with Crippen LogP contribution in [0.3, 0.4) is 0 Å². The Morgan fingerprint density at radius 3 is 2.36 bits per heavy atom. The second kappa shape index (κ2) is 7.09. The molecule has 1 N–H and O–H groups in total. The Labute approximate surface area is 148 Å². The Bertz CT molecular complexity index is 772. The summed E-state index contributed by atoms with van der Waals surface area (Å²) < 4.78 is 0. The van der Waals surface area contributed by atoms with Gasteiger partial charge in [-0.3, -0.25) is 9.59 Å². The van der Waals surface area contributed by atoms with Crippen molar-refractivity contribution < 1.29 is 9.59 Å². The van der Waals surface area contributed by atoms with Crippen molar-refractivity contribution in [2.45, 2.75) is 31.7 Å². The van der Waals surface area contributed by atoms with Gasteiger partial charge in [-0.15, -0.1) is 0 Å². The molecular formula is C21H24N2O2. The van der Waals surface area contributed by atoms with Crippen LogP contribution >= 0.6 is 0 Å². The minimum atomic E-state index is -0.738. The van der Waals surface area contributed by atoms with E-state index in [2.05, 4.69) is 17.4 Å². The first-order valence-corrected chi connectivity index (χ1v) is 8.72. The topological polar surface area (TPSA) is 49.4 Å². The van der Waals surface area contributed by atoms with Gasteiger partial charge in [-0.25, -0.2) is 0 Å². The van der Waals surface area contributed by atoms with Gasteiger partial charge in [0.15, 0.2) is 0 Å². The molecule has 2 amide bonds. The highest BCUT2D eigenvalue weighted by Gasteiger charge is 2.49. The van der Waals surface area contributed by atoms with E-state index in [0.717, 1.165) is 18.4 Å². The van der Waals surface area contributed by atoms with Gasteiger partial charge in [-0.2, -0.15) is 0 Å². The fourth-order valence-corrected chi connectivity index (χ4v) is 3.41. The minimum absolute atomic E-state index is 0.0546. The zero-order valence-corrected chi connectivity index (χ0v) is 14.8. The molecule has 1 unspecified atom stereocenters. The predicted octanol–water partition coefficient (Wildman–Crippen LogP) is 2.82. The zero-order chi connectivity index (χ0) is 17.9. The average molecular weight is 336 g/mol. The lowest BCUT2D eigenvalue weighted by Gasteiger charge is -2.49. The third kappa shape index (κ3) is 3.29. The number of carbonyl (C=O) groups is 2. The molecule has 1 aliphatic rings. The highest BCUT2D eigenvalue weighted by atomic mass is 16.2. The molecule has 0 aliphatic carbocycles. The number of rotatable bonds is 5. The largest absolute Gasteiger partial charge is 0.357 e. The van der Waals surface area contributed by atoms with Gasteiger partial charge in [0.1, 0.15) is 5.54 Å². The number of nitrogens with zero attached hydrogens (tertiary/aromatic N) is 1. The van der Waals surface area contributed by atoms with Crippen LogP contribution in [0, 0.1) is 0 Å². The second-order valence-corrected chi connectivity index (χ2v) is 6.70. The van der Waals surface area contributed by atoms with Gasteiger partial charge in [0.25, 0.3) is 5.91 Å². The maximum absolute atomic E-state index is 13.0. The molecule has 0 aromatic heterocycles. The lowest BCUT2D eigenvalue weighted by atomic mass is 9.84. The van der Waals surface area contributed by atoms with Crippen LogP contribution in [0.4, 0.5) is 0 Å². The number of hydrogen-bond donors (Lipinski definition) is 1. The standard InChI is InChI=1S/C21H24N2O2/c1-21(20(25)22-2)14-15-23(21)19(24)18-11-7-6-10-17(18)13-12-16-8-4-3-5-9-16/h3-11H,12-15H2,1-2H3,(H,22,25). The van der Waals surface area contributed by atoms with Gasteiger partial charge < -0.3 is 10.2 Å². The fourth-order valence-electron chi connectivity index (χ4n) is 3.41. The van der Waals surface area contributed by atoms with Gasteiger partial charge in [-0.05, 0) is 43.4 Å². The van der Waals surface area contributed by atoms with Crippen molar-refractivity contribution in [3.63, 3.8) is 0 Å². The third-order valence-electron chi connectivity index (χ3n) is 5.15. The molecule has 1 fully saturated rings. The van der Waals surface area contributed by atoms with Gasteiger partial charge >= 0.3 is 0 Å². The number of likely N-dealkylation sites (tertiary alicyclic amines) is 1. The molecule has 2 aromatic rings. The predicted molar refractivity (Wildman–Crippen MR) is 98.4 cm³/mol. The normalized spacial score (nSPS) is 19.2. The summed E-state index contributed by atoms with van der Waals surface area (Å²) in [6.07, 6.45) is 2.39. The van der Waals surface area contributed by atoms with E-state index in [1.54, 1.807) is 11.9 Å². The zero-order valence-electron chi connectivity index (χ0n) is 14.8. The third-order valence-corrected chi connectivity index (χ3v) is 5.15. The van der Waals surface area contributed by atoms with Crippen molar-refractivity contribution >= 4 is 11.8 Å². The first-order chi connectivity index (χ1) is 12.1. The lowest BCUT2D eigenvalue weighted by molar-refractivity contribution is -0.137. The van der Waals surface area contributed by atoms with Crippen molar-refractivity contribution in [1.29, 1.82) is 0 Å². The minimum Gasteiger partial charge on any atom is -0.357 e. The van der Waals surface area contributed by atoms with E-state index in [0.29, 0.717) is 18.5 Å². The molecule has 25 heavy (non-hydrogen) atoms. The van der Waals surface area contributed by atoms with E-state index in [-0.39, 0.29) is 11.8 Å². The molecule has 4 heteroatoms. The summed E-state index contributed by atoms with van der Waals surface area (Å²) in [4.78, 5) is 26.9. The Morgan fingerprint density at radius 1 is 1.04 bits per heavy atom. The Hall–Kier alpha value is -2.62. The summed E-state index contributed by atoms with van der Waals surface area (Å²) in [6.45, 7) is 2.45. The van der Waals surface area contributed by atoms with E-state index in [1.165, 1.54) is 5.56 Å². The van der Waals surface area contributed by atoms with Gasteiger partial charge in [0, 0.05) is 19.2 Å². The van der Waals surface area contributed by atoms with Crippen LogP contribution in [0.2, 0.25) is 0 Å². The van der Waals surface area contributed by atoms with E-state index >= 15 is 0 Å². The molecule has 1 saturated heterocycles. The van der Waals surface area contributed by atoms with Crippen LogP contribution in [-0.4, -0.2) is 35.8 Å². The molecule has 4 nitrogen and oxygen atoms in total. The van der Waals surface area contributed by atoms with E-state index in [4.69, 9.17) is 0 Å². The second-order valence-electron chi connectivity index (χ2n) is 6.70. The molecule has 0 bridgehead atoms. The highest BCUT2D eigenvalue weighted by Crippen LogP contribution is 2.32. The highest BCUT2D eigenvalue weighted by molar-refractivity contribution is 6.01. The average Bonchev–Trinajstić information content (AvgIpc) is 2.65. The summed E-state index contributed by atoms with van der Waals surface area (Å²) in [5.41, 5.74) is 2.25. The molecule has 0 radical (unpaired) electrons. The monoisotopic (exact) mass is 336 g/mol. The molecule has 130 valence electrons. The van der Waals surface area contributed by atoms with Crippen LogP contribution in [0.15, 0.2) is 54.6 Å². The number of carbonyl (C=O) groups excluding carboxylic acids is 2. The van der Waals surface area contributed by atoms with Crippen molar-refractivity contribution in [2.75, 3.05) is 13.6 Å². The SMILES string of the molecule is CNC(=O)C1(C)CCN1C(=O)c1ccccc1CCc1ccccc1. The van der Waals surface area contributed by atoms with Gasteiger partial charge in [-0.1, -0.05) is 48.5 Å². The van der Waals surface area contributed by atoms with Crippen LogP contribution in [-0.2, 0) is 17.6 Å². The maximum atomic E-state index is 13.0. The Balaban J connectivity index is 1.78. The summed E-state index contributed by atoms with van der Waals surface area (Å²) in [7, 11) is 1.61. The molecule has 0 saturated carbocycles. The van der Waals surface area contributed by atoms with Crippen LogP contribution in [0.5, 0.6) is 0 Å². The van der Waals surface area contributed by atoms with Crippen molar-refractivity contribution in [3.8, 4) is 0 Å². The summed E-state index contributed by atoms with van der Waals surface area (Å²) in [5, 5.41) is 2.67. The number of likely N-dealkylation sites (N-methyl/N-ethyl adjacent to an activating group) is 1. The van der Waals surface area contributed by atoms with Crippen molar-refractivity contribution in [3.05, 3.63) is 71.3 Å². The maximum Gasteiger partial charge on any atom is 0.255 e. The number of benzene rings is 2. The molecule has 1 heterocycles. The fraction of sp³-hybridized carbons (Fsp3) is 0.333. The van der Waals surface area contributed by atoms with E-state index in [9.17, 15) is 9.59 Å². The molecule has 2 aromatic carbocycles. The number of aryl methyl sites for hydroxylation is 2. The molecule has 3 rings (SSSR count). The molecule has 1 aliphatic heterocycles. The summed E-state index contributed by atoms with van der Waals surface area (Å²) in [6, 6.07) is 18.0. The molecule has 1 atom stereocenters. The molecule has 0 spiro atoms. The quantitative estimate of drug-likeness (QED) is 0.913. The summed E-state index contributed by atoms with van der Waals surface area (Å²) in [5.74, 6) is -0.158. The van der Waals surface area contributed by atoms with Crippen LogP contribution in [0.25, 0.3) is 0 Å². The van der Waals surface area contributed by atoms with E-state index < -0.39 is 5.54 Å². The number of hydrogen-bond acceptors (Lipinski definition) is 2. The number of nitrogens with one attached hydrogen (secondary N) is 1.